The van der Waals surface area contributed by atoms with Gasteiger partial charge in [-0.2, -0.15) is 0 Å². The van der Waals surface area contributed by atoms with Gasteiger partial charge in [-0.1, -0.05) is 30.7 Å². The van der Waals surface area contributed by atoms with Gasteiger partial charge in [-0.3, -0.25) is 9.59 Å². The van der Waals surface area contributed by atoms with Crippen LogP contribution in [0.15, 0.2) is 24.3 Å². The average Bonchev–Trinajstić information content (AvgIpc) is 2.39. The number of carbonyl (C=O) groups excluding carboxylic acids is 2. The van der Waals surface area contributed by atoms with E-state index in [2.05, 4.69) is 10.6 Å². The van der Waals surface area contributed by atoms with Crippen molar-refractivity contribution < 1.29 is 9.59 Å². The molecule has 0 saturated heterocycles. The van der Waals surface area contributed by atoms with Gasteiger partial charge in [-0.25, -0.2) is 0 Å². The van der Waals surface area contributed by atoms with Crippen LogP contribution in [0.4, 0.5) is 0 Å². The third-order valence-corrected chi connectivity index (χ3v) is 2.82. The molecule has 0 spiro atoms. The number of nitrogens with one attached hydrogen (secondary N) is 2. The minimum absolute atomic E-state index is 0.0411. The lowest BCUT2D eigenvalue weighted by atomic mass is 10.1. The predicted octanol–water partition coefficient (Wildman–Crippen LogP) is 1.91. The van der Waals surface area contributed by atoms with E-state index in [1.807, 2.05) is 31.2 Å². The summed E-state index contributed by atoms with van der Waals surface area (Å²) in [4.78, 5) is 22.6. The summed E-state index contributed by atoms with van der Waals surface area (Å²) >= 11 is 5.78. The van der Waals surface area contributed by atoms with E-state index in [0.717, 1.165) is 18.4 Å². The fourth-order valence-corrected chi connectivity index (χ4v) is 1.68. The van der Waals surface area contributed by atoms with Gasteiger partial charge in [0.25, 0.3) is 0 Å². The van der Waals surface area contributed by atoms with Gasteiger partial charge in [0.05, 0.1) is 6.54 Å². The van der Waals surface area contributed by atoms with Crippen molar-refractivity contribution in [3.8, 4) is 0 Å². The Labute approximate surface area is 118 Å². The maximum atomic E-state index is 11.4. The minimum atomic E-state index is -0.168. The van der Waals surface area contributed by atoms with Gasteiger partial charge in [0.2, 0.25) is 11.8 Å². The van der Waals surface area contributed by atoms with Crippen LogP contribution in [0.2, 0.25) is 5.02 Å². The van der Waals surface area contributed by atoms with Crippen LogP contribution in [-0.2, 0) is 16.0 Å². The zero-order valence-corrected chi connectivity index (χ0v) is 11.8. The zero-order chi connectivity index (χ0) is 14.1. The normalized spacial score (nSPS) is 10.0. The average molecular weight is 283 g/mol. The predicted molar refractivity (Wildman–Crippen MR) is 76.1 cm³/mol. The molecule has 0 aliphatic carbocycles. The van der Waals surface area contributed by atoms with E-state index in [1.54, 1.807) is 0 Å². The SMILES string of the molecule is CCCC(=O)NCC(=O)NCCc1ccc(Cl)cc1. The topological polar surface area (TPSA) is 58.2 Å². The molecule has 1 rings (SSSR count). The number of hydrogen-bond donors (Lipinski definition) is 2. The Morgan fingerprint density at radius 3 is 2.42 bits per heavy atom. The van der Waals surface area contributed by atoms with Crippen molar-refractivity contribution >= 4 is 23.4 Å². The summed E-state index contributed by atoms with van der Waals surface area (Å²) in [6.07, 6.45) is 1.98. The van der Waals surface area contributed by atoms with Crippen molar-refractivity contribution in [2.45, 2.75) is 26.2 Å². The summed E-state index contributed by atoms with van der Waals surface area (Å²) in [5.74, 6) is -0.256. The highest BCUT2D eigenvalue weighted by Gasteiger charge is 2.04. The Morgan fingerprint density at radius 1 is 1.11 bits per heavy atom. The first-order chi connectivity index (χ1) is 9.11. The molecule has 0 heterocycles. The maximum absolute atomic E-state index is 11.4. The summed E-state index contributed by atoms with van der Waals surface area (Å²) in [5, 5.41) is 6.03. The Bertz CT molecular complexity index is 418. The van der Waals surface area contributed by atoms with Crippen LogP contribution in [0.3, 0.4) is 0 Å². The first-order valence-electron chi connectivity index (χ1n) is 6.39. The standard InChI is InChI=1S/C14H19ClN2O2/c1-2-3-13(18)17-10-14(19)16-9-8-11-4-6-12(15)7-5-11/h4-7H,2-3,8-10H2,1H3,(H,16,19)(H,17,18). The fraction of sp³-hybridized carbons (Fsp3) is 0.429. The van der Waals surface area contributed by atoms with Gasteiger partial charge in [-0.05, 0) is 30.5 Å². The fourth-order valence-electron chi connectivity index (χ4n) is 1.55. The molecule has 5 heteroatoms. The zero-order valence-electron chi connectivity index (χ0n) is 11.0. The quantitative estimate of drug-likeness (QED) is 0.803. The highest BCUT2D eigenvalue weighted by Crippen LogP contribution is 2.09. The van der Waals surface area contributed by atoms with E-state index >= 15 is 0 Å². The van der Waals surface area contributed by atoms with E-state index in [4.69, 9.17) is 11.6 Å². The number of amides is 2. The third kappa shape index (κ3) is 6.82. The number of halogens is 1. The summed E-state index contributed by atoms with van der Waals surface area (Å²) < 4.78 is 0. The molecule has 0 aromatic heterocycles. The molecule has 0 saturated carbocycles. The van der Waals surface area contributed by atoms with Crippen LogP contribution in [0, 0.1) is 0 Å². The second kappa shape index (κ2) is 8.53. The van der Waals surface area contributed by atoms with Crippen LogP contribution in [0.1, 0.15) is 25.3 Å². The van der Waals surface area contributed by atoms with E-state index < -0.39 is 0 Å². The molecular formula is C14H19ClN2O2. The molecule has 2 N–H and O–H groups in total. The van der Waals surface area contributed by atoms with Crippen molar-refractivity contribution in [2.24, 2.45) is 0 Å². The molecule has 0 unspecified atom stereocenters. The largest absolute Gasteiger partial charge is 0.354 e. The smallest absolute Gasteiger partial charge is 0.239 e. The molecule has 1 aromatic rings. The summed E-state index contributed by atoms with van der Waals surface area (Å²) in [6.45, 7) is 2.51. The molecule has 19 heavy (non-hydrogen) atoms. The molecule has 1 aromatic carbocycles. The summed E-state index contributed by atoms with van der Waals surface area (Å²) in [7, 11) is 0. The number of hydrogen-bond acceptors (Lipinski definition) is 2. The van der Waals surface area contributed by atoms with Gasteiger partial charge in [-0.15, -0.1) is 0 Å². The van der Waals surface area contributed by atoms with Crippen molar-refractivity contribution in [2.75, 3.05) is 13.1 Å². The Morgan fingerprint density at radius 2 is 1.79 bits per heavy atom. The molecule has 4 nitrogen and oxygen atoms in total. The van der Waals surface area contributed by atoms with Crippen LogP contribution in [0.5, 0.6) is 0 Å². The number of carbonyl (C=O) groups is 2. The first-order valence-corrected chi connectivity index (χ1v) is 6.77. The lowest BCUT2D eigenvalue weighted by Crippen LogP contribution is -2.37. The van der Waals surface area contributed by atoms with Crippen LogP contribution >= 0.6 is 11.6 Å². The second-order valence-corrected chi connectivity index (χ2v) is 4.69. The first kappa shape index (κ1) is 15.5. The van der Waals surface area contributed by atoms with Crippen LogP contribution < -0.4 is 10.6 Å². The van der Waals surface area contributed by atoms with E-state index in [0.29, 0.717) is 18.0 Å². The Hall–Kier alpha value is -1.55. The second-order valence-electron chi connectivity index (χ2n) is 4.25. The highest BCUT2D eigenvalue weighted by atomic mass is 35.5. The van der Waals surface area contributed by atoms with Crippen molar-refractivity contribution in [3.05, 3.63) is 34.9 Å². The summed E-state index contributed by atoms with van der Waals surface area (Å²) in [5.41, 5.74) is 1.11. The van der Waals surface area contributed by atoms with E-state index in [-0.39, 0.29) is 18.4 Å². The molecule has 0 atom stereocenters. The lowest BCUT2D eigenvalue weighted by Gasteiger charge is -2.06. The molecule has 2 amide bonds. The van der Waals surface area contributed by atoms with Crippen molar-refractivity contribution in [1.29, 1.82) is 0 Å². The highest BCUT2D eigenvalue weighted by molar-refractivity contribution is 6.30. The van der Waals surface area contributed by atoms with Crippen LogP contribution in [-0.4, -0.2) is 24.9 Å². The summed E-state index contributed by atoms with van der Waals surface area (Å²) in [6, 6.07) is 7.50. The molecule has 0 radical (unpaired) electrons. The van der Waals surface area contributed by atoms with E-state index in [9.17, 15) is 9.59 Å². The van der Waals surface area contributed by atoms with Gasteiger partial charge in [0, 0.05) is 18.0 Å². The van der Waals surface area contributed by atoms with Gasteiger partial charge < -0.3 is 10.6 Å². The van der Waals surface area contributed by atoms with Crippen molar-refractivity contribution in [3.63, 3.8) is 0 Å². The van der Waals surface area contributed by atoms with Gasteiger partial charge in [0.1, 0.15) is 0 Å². The number of benzene rings is 1. The molecule has 0 aliphatic rings. The lowest BCUT2D eigenvalue weighted by molar-refractivity contribution is -0.126. The Balaban J connectivity index is 2.16. The third-order valence-electron chi connectivity index (χ3n) is 2.57. The molecule has 104 valence electrons. The van der Waals surface area contributed by atoms with Crippen molar-refractivity contribution in [1.82, 2.24) is 10.6 Å². The number of rotatable bonds is 7. The van der Waals surface area contributed by atoms with E-state index in [1.165, 1.54) is 0 Å². The maximum Gasteiger partial charge on any atom is 0.239 e. The monoisotopic (exact) mass is 282 g/mol. The minimum Gasteiger partial charge on any atom is -0.354 e. The Kier molecular flexibility index (Phi) is 6.97. The molecular weight excluding hydrogens is 264 g/mol. The van der Waals surface area contributed by atoms with Gasteiger partial charge in [0.15, 0.2) is 0 Å². The van der Waals surface area contributed by atoms with Gasteiger partial charge >= 0.3 is 0 Å². The van der Waals surface area contributed by atoms with Crippen LogP contribution in [0.25, 0.3) is 0 Å². The molecule has 0 bridgehead atoms. The molecule has 0 aliphatic heterocycles. The molecule has 0 fully saturated rings.